The van der Waals surface area contributed by atoms with Gasteiger partial charge in [-0.2, -0.15) is 9.64 Å². The summed E-state index contributed by atoms with van der Waals surface area (Å²) >= 11 is 1.15. The van der Waals surface area contributed by atoms with E-state index >= 15 is 0 Å². The number of phenolic OH excluding ortho intramolecular Hbond substituents is 1. The maximum Gasteiger partial charge on any atom is 0.176 e. The van der Waals surface area contributed by atoms with Crippen LogP contribution in [0.3, 0.4) is 0 Å². The van der Waals surface area contributed by atoms with Crippen molar-refractivity contribution < 1.29 is 5.11 Å². The molecule has 0 atom stereocenters. The molecule has 6 heteroatoms. The predicted molar refractivity (Wildman–Crippen MR) is 68.6 cm³/mol. The van der Waals surface area contributed by atoms with Crippen molar-refractivity contribution in [1.82, 2.24) is 4.37 Å². The van der Waals surface area contributed by atoms with Gasteiger partial charge in [-0.15, -0.1) is 10.2 Å². The zero-order valence-corrected chi connectivity index (χ0v) is 10.7. The van der Waals surface area contributed by atoms with E-state index in [4.69, 9.17) is 5.26 Å². The van der Waals surface area contributed by atoms with Crippen LogP contribution in [0.5, 0.6) is 5.75 Å². The summed E-state index contributed by atoms with van der Waals surface area (Å²) in [6.07, 6.45) is 0. The van der Waals surface area contributed by atoms with Crippen molar-refractivity contribution in [3.63, 3.8) is 0 Å². The Bertz CT molecular complexity index is 655. The first kappa shape index (κ1) is 12.2. The predicted octanol–water partition coefficient (Wildman–Crippen LogP) is 3.75. The number of hydrogen-bond donors (Lipinski definition) is 1. The summed E-state index contributed by atoms with van der Waals surface area (Å²) in [5.74, 6) is 0.222. The number of aryl methyl sites for hydroxylation is 2. The normalized spacial score (nSPS) is 10.7. The number of hydrogen-bond acceptors (Lipinski definition) is 6. The molecule has 90 valence electrons. The van der Waals surface area contributed by atoms with Gasteiger partial charge in [0, 0.05) is 0 Å². The number of rotatable bonds is 2. The molecule has 0 aliphatic rings. The number of nitriles is 1. The molecular formula is C12H10N4OS. The quantitative estimate of drug-likeness (QED) is 0.833. The van der Waals surface area contributed by atoms with Crippen molar-refractivity contribution >= 4 is 22.2 Å². The van der Waals surface area contributed by atoms with E-state index in [1.807, 2.05) is 0 Å². The van der Waals surface area contributed by atoms with Gasteiger partial charge in [0.25, 0.3) is 0 Å². The van der Waals surface area contributed by atoms with Crippen LogP contribution in [-0.4, -0.2) is 9.48 Å². The topological polar surface area (TPSA) is 81.6 Å². The van der Waals surface area contributed by atoms with Crippen molar-refractivity contribution in [2.24, 2.45) is 10.2 Å². The Labute approximate surface area is 108 Å². The lowest BCUT2D eigenvalue weighted by molar-refractivity contribution is 0.471. The largest absolute Gasteiger partial charge is 0.508 e. The fraction of sp³-hybridized carbons (Fsp3) is 0.167. The number of phenols is 1. The molecule has 0 saturated carbocycles. The van der Waals surface area contributed by atoms with Gasteiger partial charge in [0.15, 0.2) is 5.00 Å². The lowest BCUT2D eigenvalue weighted by Gasteiger charge is -1.97. The highest BCUT2D eigenvalue weighted by Gasteiger charge is 2.09. The standard InChI is InChI=1S/C12H10N4OS/c1-7-5-9(3-4-11(7)17)14-15-12-10(6-13)8(2)16-18-12/h3-5,17H,1-2H3. The second-order valence-corrected chi connectivity index (χ2v) is 4.48. The number of azo groups is 1. The van der Waals surface area contributed by atoms with E-state index in [2.05, 4.69) is 20.7 Å². The Morgan fingerprint density at radius 3 is 2.78 bits per heavy atom. The molecule has 0 unspecified atom stereocenters. The van der Waals surface area contributed by atoms with Crippen LogP contribution >= 0.6 is 11.5 Å². The lowest BCUT2D eigenvalue weighted by atomic mass is 10.2. The molecule has 1 heterocycles. The number of nitrogens with zero attached hydrogens (tertiary/aromatic N) is 4. The van der Waals surface area contributed by atoms with Crippen molar-refractivity contribution in [2.45, 2.75) is 13.8 Å². The third-order valence-corrected chi connectivity index (χ3v) is 3.22. The van der Waals surface area contributed by atoms with Gasteiger partial charge in [0.2, 0.25) is 0 Å². The van der Waals surface area contributed by atoms with Crippen molar-refractivity contribution in [2.75, 3.05) is 0 Å². The monoisotopic (exact) mass is 258 g/mol. The summed E-state index contributed by atoms with van der Waals surface area (Å²) in [6, 6.07) is 7.00. The van der Waals surface area contributed by atoms with Crippen molar-refractivity contribution in [1.29, 1.82) is 5.26 Å². The smallest absolute Gasteiger partial charge is 0.176 e. The average Bonchev–Trinajstić information content (AvgIpc) is 2.71. The van der Waals surface area contributed by atoms with Gasteiger partial charge >= 0.3 is 0 Å². The Morgan fingerprint density at radius 2 is 2.11 bits per heavy atom. The van der Waals surface area contributed by atoms with E-state index in [1.165, 1.54) is 0 Å². The first-order valence-corrected chi connectivity index (χ1v) is 5.97. The SMILES string of the molecule is Cc1cc(N=Nc2snc(C)c2C#N)ccc1O. The molecule has 0 bridgehead atoms. The zero-order valence-electron chi connectivity index (χ0n) is 9.88. The van der Waals surface area contributed by atoms with E-state index in [0.717, 1.165) is 17.1 Å². The highest BCUT2D eigenvalue weighted by atomic mass is 32.1. The molecule has 0 saturated heterocycles. The number of aromatic nitrogens is 1. The Morgan fingerprint density at radius 1 is 1.33 bits per heavy atom. The molecule has 0 aliphatic carbocycles. The summed E-state index contributed by atoms with van der Waals surface area (Å²) in [5, 5.41) is 26.9. The van der Waals surface area contributed by atoms with Gasteiger partial charge in [0.1, 0.15) is 17.4 Å². The van der Waals surface area contributed by atoms with Gasteiger partial charge in [-0.25, -0.2) is 0 Å². The van der Waals surface area contributed by atoms with Gasteiger partial charge < -0.3 is 5.11 Å². The molecule has 5 nitrogen and oxygen atoms in total. The molecule has 1 aromatic heterocycles. The molecule has 2 rings (SSSR count). The molecule has 0 amide bonds. The molecule has 0 radical (unpaired) electrons. The Hall–Kier alpha value is -2.26. The lowest BCUT2D eigenvalue weighted by Crippen LogP contribution is -1.74. The van der Waals surface area contributed by atoms with Crippen LogP contribution in [0.2, 0.25) is 0 Å². The van der Waals surface area contributed by atoms with Gasteiger partial charge in [-0.3, -0.25) is 0 Å². The molecule has 1 aromatic carbocycles. The highest BCUT2D eigenvalue weighted by Crippen LogP contribution is 2.29. The summed E-state index contributed by atoms with van der Waals surface area (Å²) in [7, 11) is 0. The van der Waals surface area contributed by atoms with Crippen LogP contribution in [0.4, 0.5) is 10.7 Å². The molecule has 0 spiro atoms. The van der Waals surface area contributed by atoms with E-state index in [0.29, 0.717) is 21.9 Å². The van der Waals surface area contributed by atoms with Gasteiger partial charge in [0.05, 0.1) is 11.4 Å². The maximum atomic E-state index is 9.39. The average molecular weight is 258 g/mol. The molecule has 0 fully saturated rings. The maximum absolute atomic E-state index is 9.39. The second kappa shape index (κ2) is 4.94. The summed E-state index contributed by atoms with van der Waals surface area (Å²) < 4.78 is 4.06. The minimum Gasteiger partial charge on any atom is -0.508 e. The molecule has 18 heavy (non-hydrogen) atoms. The van der Waals surface area contributed by atoms with Crippen LogP contribution in [0.25, 0.3) is 0 Å². The van der Waals surface area contributed by atoms with E-state index in [-0.39, 0.29) is 5.75 Å². The minimum atomic E-state index is 0.222. The molecule has 1 N–H and O–H groups in total. The first-order chi connectivity index (χ1) is 8.61. The Kier molecular flexibility index (Phi) is 3.35. The molecule has 0 aliphatic heterocycles. The molecule has 2 aromatic rings. The zero-order chi connectivity index (χ0) is 13.1. The van der Waals surface area contributed by atoms with Crippen molar-refractivity contribution in [3.05, 3.63) is 35.0 Å². The van der Waals surface area contributed by atoms with Crippen molar-refractivity contribution in [3.8, 4) is 11.8 Å². The Balaban J connectivity index is 2.30. The minimum absolute atomic E-state index is 0.222. The first-order valence-electron chi connectivity index (χ1n) is 5.19. The summed E-state index contributed by atoms with van der Waals surface area (Å²) in [6.45, 7) is 3.55. The van der Waals surface area contributed by atoms with E-state index in [9.17, 15) is 5.11 Å². The van der Waals surface area contributed by atoms with Gasteiger partial charge in [-0.05, 0) is 49.1 Å². The van der Waals surface area contributed by atoms with Crippen LogP contribution in [0.1, 0.15) is 16.8 Å². The third kappa shape index (κ3) is 2.36. The third-order valence-electron chi connectivity index (χ3n) is 2.39. The highest BCUT2D eigenvalue weighted by molar-refractivity contribution is 7.10. The van der Waals surface area contributed by atoms with Crippen LogP contribution in [-0.2, 0) is 0 Å². The molecular weight excluding hydrogens is 248 g/mol. The fourth-order valence-corrected chi connectivity index (χ4v) is 2.04. The van der Waals surface area contributed by atoms with E-state index < -0.39 is 0 Å². The summed E-state index contributed by atoms with van der Waals surface area (Å²) in [5.41, 5.74) is 2.48. The van der Waals surface area contributed by atoms with Crippen LogP contribution < -0.4 is 0 Å². The van der Waals surface area contributed by atoms with Crippen LogP contribution in [0.15, 0.2) is 28.4 Å². The van der Waals surface area contributed by atoms with Gasteiger partial charge in [-0.1, -0.05) is 0 Å². The second-order valence-electron chi connectivity index (χ2n) is 3.73. The number of aromatic hydroxyl groups is 1. The van der Waals surface area contributed by atoms with Crippen LogP contribution in [0, 0.1) is 25.2 Å². The van der Waals surface area contributed by atoms with E-state index in [1.54, 1.807) is 32.0 Å². The summed E-state index contributed by atoms with van der Waals surface area (Å²) in [4.78, 5) is 0. The fourth-order valence-electron chi connectivity index (χ4n) is 1.36. The number of benzene rings is 1.